The first-order valence-corrected chi connectivity index (χ1v) is 11.3. The van der Waals surface area contributed by atoms with Crippen LogP contribution in [0.25, 0.3) is 0 Å². The summed E-state index contributed by atoms with van der Waals surface area (Å²) in [6, 6.07) is 24.0. The molecule has 0 aliphatic carbocycles. The van der Waals surface area contributed by atoms with Gasteiger partial charge in [-0.15, -0.1) is 11.8 Å². The highest BCUT2D eigenvalue weighted by molar-refractivity contribution is 7.99. The Labute approximate surface area is 183 Å². The van der Waals surface area contributed by atoms with Crippen molar-refractivity contribution >= 4 is 17.7 Å². The van der Waals surface area contributed by atoms with Gasteiger partial charge in [-0.25, -0.2) is 0 Å². The number of hydrogen-bond acceptors (Lipinski definition) is 3. The number of nitrogens with one attached hydrogen (secondary N) is 1. The summed E-state index contributed by atoms with van der Waals surface area (Å²) >= 11 is 1.77. The van der Waals surface area contributed by atoms with E-state index in [9.17, 15) is 4.79 Å². The summed E-state index contributed by atoms with van der Waals surface area (Å²) in [5.74, 6) is 1.59. The summed E-state index contributed by atoms with van der Waals surface area (Å²) in [6.07, 6.45) is 0.842. The van der Waals surface area contributed by atoms with Gasteiger partial charge in [-0.3, -0.25) is 4.79 Å². The molecule has 0 bridgehead atoms. The van der Waals surface area contributed by atoms with Gasteiger partial charge in [0.05, 0.1) is 12.6 Å². The fourth-order valence-corrected chi connectivity index (χ4v) is 3.93. The van der Waals surface area contributed by atoms with Crippen molar-refractivity contribution in [3.8, 4) is 5.75 Å². The van der Waals surface area contributed by atoms with Crippen LogP contribution in [0.4, 0.5) is 0 Å². The highest BCUT2D eigenvalue weighted by Gasteiger charge is 2.15. The molecule has 0 heterocycles. The molecule has 1 N–H and O–H groups in total. The van der Waals surface area contributed by atoms with Gasteiger partial charge in [0, 0.05) is 16.2 Å². The first-order chi connectivity index (χ1) is 14.6. The Morgan fingerprint density at radius 1 is 0.967 bits per heavy atom. The summed E-state index contributed by atoms with van der Waals surface area (Å²) in [6.45, 7) is 6.91. The molecule has 0 fully saturated rings. The van der Waals surface area contributed by atoms with Gasteiger partial charge in [0.1, 0.15) is 5.75 Å². The maximum atomic E-state index is 12.7. The number of amides is 1. The molecule has 4 heteroatoms. The lowest BCUT2D eigenvalue weighted by atomic mass is 9.99. The Morgan fingerprint density at radius 3 is 2.37 bits per heavy atom. The zero-order chi connectivity index (χ0) is 21.3. The molecule has 0 radical (unpaired) electrons. The number of thioether (sulfide) groups is 1. The molecule has 1 amide bonds. The summed E-state index contributed by atoms with van der Waals surface area (Å²) in [7, 11) is 0. The smallest absolute Gasteiger partial charge is 0.251 e. The molecule has 0 aliphatic rings. The largest absolute Gasteiger partial charge is 0.493 e. The van der Waals surface area contributed by atoms with Crippen LogP contribution in [0.1, 0.15) is 46.4 Å². The molecule has 3 rings (SSSR count). The molecule has 30 heavy (non-hydrogen) atoms. The number of benzene rings is 3. The Kier molecular flexibility index (Phi) is 7.97. The Hall–Kier alpha value is -2.72. The lowest BCUT2D eigenvalue weighted by Gasteiger charge is -2.19. The number of rotatable bonds is 9. The van der Waals surface area contributed by atoms with Crippen molar-refractivity contribution in [1.29, 1.82) is 0 Å². The van der Waals surface area contributed by atoms with Crippen molar-refractivity contribution in [2.45, 2.75) is 38.1 Å². The number of ether oxygens (including phenoxy) is 1. The van der Waals surface area contributed by atoms with E-state index >= 15 is 0 Å². The zero-order valence-corrected chi connectivity index (χ0v) is 18.7. The van der Waals surface area contributed by atoms with E-state index in [0.717, 1.165) is 23.5 Å². The monoisotopic (exact) mass is 419 g/mol. The molecular formula is C26H29NO2S. The van der Waals surface area contributed by atoms with Crippen LogP contribution in [0.3, 0.4) is 0 Å². The van der Waals surface area contributed by atoms with Crippen LogP contribution in [-0.2, 0) is 0 Å². The Balaban J connectivity index is 1.51. The van der Waals surface area contributed by atoms with E-state index in [1.165, 1.54) is 16.0 Å². The van der Waals surface area contributed by atoms with Crippen LogP contribution in [-0.4, -0.2) is 18.3 Å². The molecule has 1 atom stereocenters. The Morgan fingerprint density at radius 2 is 1.70 bits per heavy atom. The fourth-order valence-electron chi connectivity index (χ4n) is 3.18. The van der Waals surface area contributed by atoms with Gasteiger partial charge < -0.3 is 10.1 Å². The first kappa shape index (κ1) is 22.0. The maximum Gasteiger partial charge on any atom is 0.251 e. The van der Waals surface area contributed by atoms with Crippen LogP contribution in [0.5, 0.6) is 5.75 Å². The second-order valence-electron chi connectivity index (χ2n) is 7.31. The maximum absolute atomic E-state index is 12.7. The molecule has 1 unspecified atom stereocenters. The van der Waals surface area contributed by atoms with Crippen molar-refractivity contribution in [2.24, 2.45) is 0 Å². The summed E-state index contributed by atoms with van der Waals surface area (Å²) in [5.41, 5.74) is 4.29. The second kappa shape index (κ2) is 10.9. The van der Waals surface area contributed by atoms with Crippen molar-refractivity contribution in [3.63, 3.8) is 0 Å². The van der Waals surface area contributed by atoms with E-state index in [4.69, 9.17) is 4.74 Å². The lowest BCUT2D eigenvalue weighted by molar-refractivity contribution is 0.0935. The average molecular weight is 420 g/mol. The molecule has 0 spiro atoms. The van der Waals surface area contributed by atoms with Crippen LogP contribution in [0.15, 0.2) is 77.7 Å². The normalized spacial score (nSPS) is 11.7. The molecule has 3 nitrogen and oxygen atoms in total. The predicted molar refractivity (Wildman–Crippen MR) is 126 cm³/mol. The third kappa shape index (κ3) is 6.14. The SMILES string of the molecule is CCC(NC(=O)c1ccc(OCCSc2ccccc2)cc1)c1ccc(C)c(C)c1. The highest BCUT2D eigenvalue weighted by Crippen LogP contribution is 2.21. The van der Waals surface area contributed by atoms with Gasteiger partial charge >= 0.3 is 0 Å². The minimum absolute atomic E-state index is 0.00254. The summed E-state index contributed by atoms with van der Waals surface area (Å²) in [5, 5.41) is 3.15. The number of carbonyl (C=O) groups excluding carboxylic acids is 1. The summed E-state index contributed by atoms with van der Waals surface area (Å²) < 4.78 is 5.81. The molecule has 0 aromatic heterocycles. The van der Waals surface area contributed by atoms with E-state index in [1.807, 2.05) is 42.5 Å². The van der Waals surface area contributed by atoms with Gasteiger partial charge in [0.2, 0.25) is 0 Å². The number of aryl methyl sites for hydroxylation is 2. The van der Waals surface area contributed by atoms with Crippen LogP contribution in [0.2, 0.25) is 0 Å². The zero-order valence-electron chi connectivity index (χ0n) is 17.9. The van der Waals surface area contributed by atoms with E-state index < -0.39 is 0 Å². The predicted octanol–water partition coefficient (Wildman–Crippen LogP) is 6.36. The van der Waals surface area contributed by atoms with Crippen molar-refractivity contribution < 1.29 is 9.53 Å². The number of carbonyl (C=O) groups is 1. The lowest BCUT2D eigenvalue weighted by Crippen LogP contribution is -2.28. The van der Waals surface area contributed by atoms with Crippen molar-refractivity contribution in [3.05, 3.63) is 95.1 Å². The molecule has 3 aromatic carbocycles. The fraction of sp³-hybridized carbons (Fsp3) is 0.269. The van der Waals surface area contributed by atoms with Gasteiger partial charge in [0.15, 0.2) is 0 Å². The van der Waals surface area contributed by atoms with E-state index in [2.05, 4.69) is 56.4 Å². The first-order valence-electron chi connectivity index (χ1n) is 10.4. The van der Waals surface area contributed by atoms with Crippen molar-refractivity contribution in [1.82, 2.24) is 5.32 Å². The molecule has 156 valence electrons. The average Bonchev–Trinajstić information content (AvgIpc) is 2.78. The molecule has 3 aromatic rings. The highest BCUT2D eigenvalue weighted by atomic mass is 32.2. The number of hydrogen-bond donors (Lipinski definition) is 1. The minimum atomic E-state index is -0.0636. The van der Waals surface area contributed by atoms with Gasteiger partial charge in [-0.2, -0.15) is 0 Å². The van der Waals surface area contributed by atoms with E-state index in [-0.39, 0.29) is 11.9 Å². The van der Waals surface area contributed by atoms with Gasteiger partial charge in [0.25, 0.3) is 5.91 Å². The quantitative estimate of drug-likeness (QED) is 0.324. The molecular weight excluding hydrogens is 390 g/mol. The second-order valence-corrected chi connectivity index (χ2v) is 8.48. The minimum Gasteiger partial charge on any atom is -0.493 e. The van der Waals surface area contributed by atoms with Crippen molar-refractivity contribution in [2.75, 3.05) is 12.4 Å². The van der Waals surface area contributed by atoms with E-state index in [1.54, 1.807) is 11.8 Å². The topological polar surface area (TPSA) is 38.3 Å². The van der Waals surface area contributed by atoms with E-state index in [0.29, 0.717) is 12.2 Å². The van der Waals surface area contributed by atoms with Crippen LogP contribution < -0.4 is 10.1 Å². The van der Waals surface area contributed by atoms with Crippen LogP contribution >= 0.6 is 11.8 Å². The third-order valence-electron chi connectivity index (χ3n) is 5.13. The molecule has 0 saturated carbocycles. The molecule has 0 aliphatic heterocycles. The molecule has 0 saturated heterocycles. The van der Waals surface area contributed by atoms with Gasteiger partial charge in [-0.1, -0.05) is 43.3 Å². The standard InChI is InChI=1S/C26H29NO2S/c1-4-25(22-11-10-19(2)20(3)18-22)27-26(28)21-12-14-23(15-13-21)29-16-17-30-24-8-6-5-7-9-24/h5-15,18,25H,4,16-17H2,1-3H3,(H,27,28). The van der Waals surface area contributed by atoms with Gasteiger partial charge in [-0.05, 0) is 73.4 Å². The third-order valence-corrected chi connectivity index (χ3v) is 6.10. The summed E-state index contributed by atoms with van der Waals surface area (Å²) in [4.78, 5) is 14.0. The van der Waals surface area contributed by atoms with Crippen LogP contribution in [0, 0.1) is 13.8 Å². The Bertz CT molecular complexity index is 955.